The summed E-state index contributed by atoms with van der Waals surface area (Å²) in [6, 6.07) is 13.4. The molecule has 0 aliphatic carbocycles. The average Bonchev–Trinajstić information content (AvgIpc) is 2.83. The first-order valence-corrected chi connectivity index (χ1v) is 12.2. The Kier molecular flexibility index (Phi) is 9.22. The fourth-order valence-corrected chi connectivity index (χ4v) is 4.13. The van der Waals surface area contributed by atoms with E-state index in [0.717, 1.165) is 84.4 Å². The summed E-state index contributed by atoms with van der Waals surface area (Å²) in [5, 5.41) is 4.61. The molecule has 0 aromatic heterocycles. The van der Waals surface area contributed by atoms with Gasteiger partial charge >= 0.3 is 0 Å². The summed E-state index contributed by atoms with van der Waals surface area (Å²) in [5.41, 5.74) is 2.63. The Hall–Kier alpha value is -2.74. The Balaban J connectivity index is 2.09. The Bertz CT molecular complexity index is 983. The monoisotopic (exact) mass is 430 g/mol. The van der Waals surface area contributed by atoms with Gasteiger partial charge < -0.3 is 9.47 Å². The normalized spacial score (nSPS) is 11.1. The average molecular weight is 431 g/mol. The first kappa shape index (κ1) is 23.9. The zero-order chi connectivity index (χ0) is 22.8. The predicted octanol–water partition coefficient (Wildman–Crippen LogP) is 8.59. The molecule has 0 N–H and O–H groups in total. The standard InChI is InChI=1S/C30H38O2/c1-5-9-11-13-19-31-29-25-17-15-23(7-3)21-27(25)30(32-20-14-12-10-6-2)28-22-24(8-4)16-18-26(28)29/h5-6,15-18,21-22H,1-2,7-14,19-20H2,3-4H3. The summed E-state index contributed by atoms with van der Waals surface area (Å²) >= 11 is 0. The second-order valence-corrected chi connectivity index (χ2v) is 8.39. The lowest BCUT2D eigenvalue weighted by Gasteiger charge is -2.19. The number of fused-ring (bicyclic) bond motifs is 2. The highest BCUT2D eigenvalue weighted by Gasteiger charge is 2.17. The molecule has 0 radical (unpaired) electrons. The molecule has 0 atom stereocenters. The lowest BCUT2D eigenvalue weighted by molar-refractivity contribution is 0.309. The van der Waals surface area contributed by atoms with Crippen LogP contribution in [0.1, 0.15) is 63.5 Å². The molecule has 0 bridgehead atoms. The van der Waals surface area contributed by atoms with Crippen LogP contribution in [0.2, 0.25) is 0 Å². The molecule has 0 unspecified atom stereocenters. The zero-order valence-corrected chi connectivity index (χ0v) is 19.9. The van der Waals surface area contributed by atoms with Gasteiger partial charge in [0.15, 0.2) is 0 Å². The van der Waals surface area contributed by atoms with Crippen LogP contribution < -0.4 is 9.47 Å². The van der Waals surface area contributed by atoms with Crippen LogP contribution in [0.4, 0.5) is 0 Å². The van der Waals surface area contributed by atoms with Crippen molar-refractivity contribution in [2.75, 3.05) is 13.2 Å². The third-order valence-electron chi connectivity index (χ3n) is 6.06. The number of rotatable bonds is 14. The maximum atomic E-state index is 6.49. The molecular weight excluding hydrogens is 392 g/mol. The molecule has 3 aromatic rings. The highest BCUT2D eigenvalue weighted by atomic mass is 16.5. The first-order valence-electron chi connectivity index (χ1n) is 12.2. The largest absolute Gasteiger partial charge is 0.492 e. The van der Waals surface area contributed by atoms with Crippen molar-refractivity contribution >= 4 is 21.5 Å². The predicted molar refractivity (Wildman–Crippen MR) is 139 cm³/mol. The van der Waals surface area contributed by atoms with Gasteiger partial charge in [-0.2, -0.15) is 0 Å². The van der Waals surface area contributed by atoms with Crippen molar-refractivity contribution in [2.45, 2.75) is 65.2 Å². The van der Waals surface area contributed by atoms with Crippen molar-refractivity contribution in [3.63, 3.8) is 0 Å². The van der Waals surface area contributed by atoms with Gasteiger partial charge in [-0.15, -0.1) is 13.2 Å². The van der Waals surface area contributed by atoms with Gasteiger partial charge in [-0.1, -0.05) is 50.3 Å². The molecule has 0 saturated heterocycles. The van der Waals surface area contributed by atoms with E-state index in [2.05, 4.69) is 63.4 Å². The molecule has 0 aliphatic heterocycles. The van der Waals surface area contributed by atoms with Crippen molar-refractivity contribution < 1.29 is 9.47 Å². The SMILES string of the molecule is C=CCCCCOc1c2ccc(CC)cc2c(OCCCCC=C)c2cc(CC)ccc12. The van der Waals surface area contributed by atoms with Gasteiger partial charge in [0.1, 0.15) is 11.5 Å². The molecule has 0 aliphatic rings. The van der Waals surface area contributed by atoms with E-state index < -0.39 is 0 Å². The van der Waals surface area contributed by atoms with Crippen LogP contribution in [0.5, 0.6) is 11.5 Å². The summed E-state index contributed by atoms with van der Waals surface area (Å²) in [5.74, 6) is 1.98. The third-order valence-corrected chi connectivity index (χ3v) is 6.06. The van der Waals surface area contributed by atoms with Gasteiger partial charge in [0.05, 0.1) is 13.2 Å². The van der Waals surface area contributed by atoms with Crippen LogP contribution in [0, 0.1) is 0 Å². The van der Waals surface area contributed by atoms with Gasteiger partial charge in [-0.3, -0.25) is 0 Å². The fraction of sp³-hybridized carbons (Fsp3) is 0.400. The molecule has 3 rings (SSSR count). The van der Waals surface area contributed by atoms with Crippen molar-refractivity contribution in [3.8, 4) is 11.5 Å². The Morgan fingerprint density at radius 1 is 0.625 bits per heavy atom. The highest BCUT2D eigenvalue weighted by Crippen LogP contribution is 2.44. The van der Waals surface area contributed by atoms with E-state index in [1.54, 1.807) is 0 Å². The number of allylic oxidation sites excluding steroid dienone is 2. The molecule has 170 valence electrons. The molecule has 3 aromatic carbocycles. The summed E-state index contributed by atoms with van der Waals surface area (Å²) in [6.07, 6.45) is 12.3. The highest BCUT2D eigenvalue weighted by molar-refractivity contribution is 6.11. The van der Waals surface area contributed by atoms with Crippen molar-refractivity contribution in [1.29, 1.82) is 0 Å². The second kappa shape index (κ2) is 12.3. The molecule has 0 heterocycles. The molecule has 0 saturated carbocycles. The summed E-state index contributed by atoms with van der Waals surface area (Å²) in [7, 11) is 0. The van der Waals surface area contributed by atoms with Crippen LogP contribution in [-0.2, 0) is 12.8 Å². The molecule has 0 fully saturated rings. The maximum absolute atomic E-state index is 6.49. The van der Waals surface area contributed by atoms with Crippen LogP contribution >= 0.6 is 0 Å². The minimum Gasteiger partial charge on any atom is -0.492 e. The van der Waals surface area contributed by atoms with Crippen LogP contribution in [0.15, 0.2) is 61.7 Å². The fourth-order valence-electron chi connectivity index (χ4n) is 4.13. The Labute approximate surface area is 193 Å². The number of unbranched alkanes of at least 4 members (excludes halogenated alkanes) is 4. The number of aryl methyl sites for hydroxylation is 2. The Morgan fingerprint density at radius 2 is 1.06 bits per heavy atom. The number of benzene rings is 3. The van der Waals surface area contributed by atoms with Gasteiger partial charge in [-0.05, 0) is 74.6 Å². The van der Waals surface area contributed by atoms with Crippen molar-refractivity contribution in [2.24, 2.45) is 0 Å². The smallest absolute Gasteiger partial charge is 0.135 e. The van der Waals surface area contributed by atoms with Gasteiger partial charge in [-0.25, -0.2) is 0 Å². The van der Waals surface area contributed by atoms with Gasteiger partial charge in [0.25, 0.3) is 0 Å². The van der Waals surface area contributed by atoms with E-state index in [1.807, 2.05) is 12.2 Å². The molecule has 2 heteroatoms. The quantitative estimate of drug-likeness (QED) is 0.145. The van der Waals surface area contributed by atoms with Crippen molar-refractivity contribution in [1.82, 2.24) is 0 Å². The minimum absolute atomic E-state index is 0.713. The Morgan fingerprint density at radius 3 is 1.47 bits per heavy atom. The second-order valence-electron chi connectivity index (χ2n) is 8.39. The van der Waals surface area contributed by atoms with Gasteiger partial charge in [0.2, 0.25) is 0 Å². The third kappa shape index (κ3) is 5.73. The molecule has 0 spiro atoms. The number of hydrogen-bond donors (Lipinski definition) is 0. The van der Waals surface area contributed by atoms with E-state index >= 15 is 0 Å². The summed E-state index contributed by atoms with van der Waals surface area (Å²) in [6.45, 7) is 13.5. The van der Waals surface area contributed by atoms with Crippen LogP contribution in [0.25, 0.3) is 21.5 Å². The van der Waals surface area contributed by atoms with Gasteiger partial charge in [0, 0.05) is 21.5 Å². The zero-order valence-electron chi connectivity index (χ0n) is 19.9. The van der Waals surface area contributed by atoms with Crippen LogP contribution in [0.3, 0.4) is 0 Å². The topological polar surface area (TPSA) is 18.5 Å². The van der Waals surface area contributed by atoms with E-state index in [1.165, 1.54) is 11.1 Å². The summed E-state index contributed by atoms with van der Waals surface area (Å²) < 4.78 is 12.9. The van der Waals surface area contributed by atoms with Crippen molar-refractivity contribution in [3.05, 3.63) is 72.8 Å². The lowest BCUT2D eigenvalue weighted by Crippen LogP contribution is -2.03. The maximum Gasteiger partial charge on any atom is 0.135 e. The lowest BCUT2D eigenvalue weighted by atomic mass is 9.96. The number of ether oxygens (including phenoxy) is 2. The van der Waals surface area contributed by atoms with Crippen LogP contribution in [-0.4, -0.2) is 13.2 Å². The van der Waals surface area contributed by atoms with E-state index in [-0.39, 0.29) is 0 Å². The van der Waals surface area contributed by atoms with E-state index in [9.17, 15) is 0 Å². The number of hydrogen-bond acceptors (Lipinski definition) is 2. The van der Waals surface area contributed by atoms with E-state index in [4.69, 9.17) is 9.47 Å². The van der Waals surface area contributed by atoms with E-state index in [0.29, 0.717) is 13.2 Å². The first-order chi connectivity index (χ1) is 15.7. The molecular formula is C30H38O2. The summed E-state index contributed by atoms with van der Waals surface area (Å²) in [4.78, 5) is 0. The molecule has 2 nitrogen and oxygen atoms in total. The minimum atomic E-state index is 0.713. The molecule has 0 amide bonds. The molecule has 32 heavy (non-hydrogen) atoms.